The fourth-order valence-electron chi connectivity index (χ4n) is 5.25. The van der Waals surface area contributed by atoms with E-state index in [1.165, 1.54) is 7.11 Å². The van der Waals surface area contributed by atoms with Gasteiger partial charge in [-0.3, -0.25) is 14.4 Å². The summed E-state index contributed by atoms with van der Waals surface area (Å²) in [4.78, 5) is 42.2. The molecular weight excluding hydrogens is 550 g/mol. The van der Waals surface area contributed by atoms with Crippen molar-refractivity contribution in [3.05, 3.63) is 58.3 Å². The summed E-state index contributed by atoms with van der Waals surface area (Å²) in [5.74, 6) is 0.0660. The highest BCUT2D eigenvalue weighted by Crippen LogP contribution is 2.41. The standard InChI is InChI=1S/C30H32ClN3O7/c1-29(14-39-15-29)33-26(35)18-9-10-19-23(11-18)41-25-24(19)40-16-30(2,34(27(25)36)13-17-7-8-17)28(37)32-12-20-21(31)5-4-6-22(20)38-3/h4-6,9-11,17H,7-8,12-16H2,1-3H3,(H,32,37)(H,33,35). The Morgan fingerprint density at radius 1 is 1.15 bits per heavy atom. The normalized spacial score (nSPS) is 21.4. The fourth-order valence-corrected chi connectivity index (χ4v) is 5.49. The summed E-state index contributed by atoms with van der Waals surface area (Å²) in [5.41, 5.74) is -0.328. The van der Waals surface area contributed by atoms with E-state index in [4.69, 9.17) is 30.2 Å². The maximum atomic E-state index is 14.0. The largest absolute Gasteiger partial charge is 0.496 e. The Kier molecular flexibility index (Phi) is 6.86. The van der Waals surface area contributed by atoms with Crippen LogP contribution in [0.3, 0.4) is 0 Å². The van der Waals surface area contributed by atoms with Gasteiger partial charge in [-0.05, 0) is 62.9 Å². The van der Waals surface area contributed by atoms with E-state index in [0.717, 1.165) is 12.8 Å². The molecule has 3 aromatic rings. The first kappa shape index (κ1) is 27.4. The van der Waals surface area contributed by atoms with Gasteiger partial charge in [0.1, 0.15) is 17.9 Å². The molecule has 3 amide bonds. The van der Waals surface area contributed by atoms with Crippen molar-refractivity contribution in [1.29, 1.82) is 0 Å². The second kappa shape index (κ2) is 10.3. The zero-order valence-corrected chi connectivity index (χ0v) is 23.9. The summed E-state index contributed by atoms with van der Waals surface area (Å²) < 4.78 is 22.9. The van der Waals surface area contributed by atoms with E-state index in [9.17, 15) is 14.4 Å². The Balaban J connectivity index is 1.28. The van der Waals surface area contributed by atoms with E-state index < -0.39 is 17.0 Å². The van der Waals surface area contributed by atoms with Crippen LogP contribution in [0, 0.1) is 5.92 Å². The third-order valence-electron chi connectivity index (χ3n) is 8.04. The second-order valence-corrected chi connectivity index (χ2v) is 11.9. The van der Waals surface area contributed by atoms with Crippen LogP contribution < -0.4 is 20.1 Å². The predicted molar refractivity (Wildman–Crippen MR) is 150 cm³/mol. The van der Waals surface area contributed by atoms with Crippen LogP contribution in [-0.4, -0.2) is 67.2 Å². The number of carbonyl (C=O) groups excluding carboxylic acids is 3. The number of carbonyl (C=O) groups is 3. The van der Waals surface area contributed by atoms with Crippen LogP contribution in [0.15, 0.2) is 40.8 Å². The van der Waals surface area contributed by atoms with Gasteiger partial charge in [-0.15, -0.1) is 0 Å². The van der Waals surface area contributed by atoms with Gasteiger partial charge in [-0.1, -0.05) is 17.7 Å². The number of furan rings is 1. The lowest BCUT2D eigenvalue weighted by molar-refractivity contribution is -0.133. The highest BCUT2D eigenvalue weighted by Gasteiger charge is 2.49. The molecule has 1 unspecified atom stereocenters. The monoisotopic (exact) mass is 581 g/mol. The smallest absolute Gasteiger partial charge is 0.294 e. The zero-order valence-electron chi connectivity index (χ0n) is 23.2. The first-order valence-corrected chi connectivity index (χ1v) is 14.0. The summed E-state index contributed by atoms with van der Waals surface area (Å²) in [7, 11) is 1.54. The summed E-state index contributed by atoms with van der Waals surface area (Å²) in [5, 5.41) is 6.93. The Bertz CT molecular complexity index is 1540. The number of hydrogen-bond donors (Lipinski definition) is 2. The molecule has 6 rings (SSSR count). The van der Waals surface area contributed by atoms with Crippen molar-refractivity contribution < 1.29 is 33.0 Å². The molecule has 0 spiro atoms. The lowest BCUT2D eigenvalue weighted by atomic mass is 9.98. The molecule has 3 aliphatic rings. The molecule has 10 nitrogen and oxygen atoms in total. The van der Waals surface area contributed by atoms with Crippen LogP contribution in [0.5, 0.6) is 11.5 Å². The maximum Gasteiger partial charge on any atom is 0.294 e. The van der Waals surface area contributed by atoms with Gasteiger partial charge in [0, 0.05) is 29.2 Å². The molecule has 11 heteroatoms. The highest BCUT2D eigenvalue weighted by molar-refractivity contribution is 6.31. The molecule has 0 radical (unpaired) electrons. The van der Waals surface area contributed by atoms with Gasteiger partial charge in [-0.25, -0.2) is 0 Å². The van der Waals surface area contributed by atoms with Crippen LogP contribution in [0.25, 0.3) is 11.0 Å². The SMILES string of the molecule is COc1cccc(Cl)c1CNC(=O)C1(C)COc2c(oc3cc(C(=O)NC4(C)COC4)ccc23)C(=O)N1CC1CC1. The summed E-state index contributed by atoms with van der Waals surface area (Å²) in [6.07, 6.45) is 1.96. The number of ether oxygens (including phenoxy) is 3. The molecule has 1 atom stereocenters. The van der Waals surface area contributed by atoms with E-state index in [2.05, 4.69) is 10.6 Å². The lowest BCUT2D eigenvalue weighted by Gasteiger charge is -2.38. The first-order valence-electron chi connectivity index (χ1n) is 13.6. The zero-order chi connectivity index (χ0) is 28.9. The van der Waals surface area contributed by atoms with E-state index in [0.29, 0.717) is 58.5 Å². The van der Waals surface area contributed by atoms with Gasteiger partial charge in [0.25, 0.3) is 11.8 Å². The van der Waals surface area contributed by atoms with Gasteiger partial charge < -0.3 is 34.2 Å². The molecule has 1 saturated carbocycles. The number of rotatable bonds is 8. The third kappa shape index (κ3) is 4.99. The van der Waals surface area contributed by atoms with Crippen molar-refractivity contribution in [2.24, 2.45) is 5.92 Å². The molecule has 1 aromatic heterocycles. The Labute approximate surface area is 242 Å². The number of amides is 3. The fraction of sp³-hybridized carbons (Fsp3) is 0.433. The number of halogens is 1. The van der Waals surface area contributed by atoms with E-state index in [1.807, 2.05) is 6.92 Å². The Morgan fingerprint density at radius 2 is 1.93 bits per heavy atom. The number of nitrogens with zero attached hydrogens (tertiary/aromatic N) is 1. The summed E-state index contributed by atoms with van der Waals surface area (Å²) in [6, 6.07) is 10.2. The van der Waals surface area contributed by atoms with Gasteiger partial charge in [0.15, 0.2) is 11.3 Å². The summed E-state index contributed by atoms with van der Waals surface area (Å²) >= 11 is 6.38. The molecule has 216 valence electrons. The van der Waals surface area contributed by atoms with Gasteiger partial charge in [0.05, 0.1) is 31.2 Å². The lowest BCUT2D eigenvalue weighted by Crippen LogP contribution is -2.61. The molecule has 1 aliphatic carbocycles. The molecule has 2 fully saturated rings. The van der Waals surface area contributed by atoms with Gasteiger partial charge in [-0.2, -0.15) is 0 Å². The van der Waals surface area contributed by atoms with E-state index in [-0.39, 0.29) is 36.5 Å². The number of benzene rings is 2. The summed E-state index contributed by atoms with van der Waals surface area (Å²) in [6.45, 7) is 4.95. The first-order chi connectivity index (χ1) is 19.6. The minimum absolute atomic E-state index is 0.0156. The molecule has 3 heterocycles. The van der Waals surface area contributed by atoms with Crippen LogP contribution >= 0.6 is 11.6 Å². The molecule has 0 bridgehead atoms. The van der Waals surface area contributed by atoms with Crippen molar-refractivity contribution in [2.75, 3.05) is 33.5 Å². The number of nitrogens with one attached hydrogen (secondary N) is 2. The maximum absolute atomic E-state index is 14.0. The minimum Gasteiger partial charge on any atom is -0.496 e. The average molecular weight is 582 g/mol. The van der Waals surface area contributed by atoms with E-state index >= 15 is 0 Å². The van der Waals surface area contributed by atoms with Gasteiger partial charge >= 0.3 is 0 Å². The van der Waals surface area contributed by atoms with Crippen molar-refractivity contribution in [2.45, 2.75) is 44.3 Å². The van der Waals surface area contributed by atoms with Crippen molar-refractivity contribution in [1.82, 2.24) is 15.5 Å². The topological polar surface area (TPSA) is 119 Å². The van der Waals surface area contributed by atoms with Crippen molar-refractivity contribution in [3.63, 3.8) is 0 Å². The van der Waals surface area contributed by atoms with Crippen molar-refractivity contribution >= 4 is 40.3 Å². The highest BCUT2D eigenvalue weighted by atomic mass is 35.5. The number of fused-ring (bicyclic) bond motifs is 3. The quantitative estimate of drug-likeness (QED) is 0.414. The molecule has 41 heavy (non-hydrogen) atoms. The van der Waals surface area contributed by atoms with Crippen LogP contribution in [0.2, 0.25) is 5.02 Å². The molecule has 2 aromatic carbocycles. The van der Waals surface area contributed by atoms with Crippen LogP contribution in [0.4, 0.5) is 0 Å². The van der Waals surface area contributed by atoms with Crippen LogP contribution in [0.1, 0.15) is 53.2 Å². The predicted octanol–water partition coefficient (Wildman–Crippen LogP) is 3.93. The Morgan fingerprint density at radius 3 is 2.61 bits per heavy atom. The number of methoxy groups -OCH3 is 1. The molecule has 2 aliphatic heterocycles. The van der Waals surface area contributed by atoms with Crippen molar-refractivity contribution in [3.8, 4) is 11.5 Å². The average Bonchev–Trinajstić information content (AvgIpc) is 3.71. The molecular formula is C30H32ClN3O7. The molecule has 1 saturated heterocycles. The number of hydrogen-bond acceptors (Lipinski definition) is 7. The van der Waals surface area contributed by atoms with Crippen LogP contribution in [-0.2, 0) is 16.1 Å². The minimum atomic E-state index is -1.32. The van der Waals surface area contributed by atoms with E-state index in [1.54, 1.807) is 48.2 Å². The third-order valence-corrected chi connectivity index (χ3v) is 8.40. The second-order valence-electron chi connectivity index (χ2n) is 11.5. The Hall–Kier alpha value is -3.76. The molecule has 2 N–H and O–H groups in total. The van der Waals surface area contributed by atoms with Gasteiger partial charge in [0.2, 0.25) is 11.7 Å².